The Balaban J connectivity index is 1.54. The Kier molecular flexibility index (Phi) is 4.63. The molecule has 4 heterocycles. The topological polar surface area (TPSA) is 74.2 Å². The van der Waals surface area contributed by atoms with Gasteiger partial charge in [0, 0.05) is 44.4 Å². The van der Waals surface area contributed by atoms with Crippen LogP contribution in [-0.2, 0) is 19.5 Å². The lowest BCUT2D eigenvalue weighted by Gasteiger charge is -2.28. The molecule has 0 aromatic carbocycles. The molecule has 0 saturated carbocycles. The summed E-state index contributed by atoms with van der Waals surface area (Å²) in [4.78, 5) is 30.7. The molecule has 0 aliphatic carbocycles. The number of hydrogen-bond donors (Lipinski definition) is 1. The number of nitrogens with zero attached hydrogens (tertiary/aromatic N) is 4. The molecule has 2 aliphatic heterocycles. The first kappa shape index (κ1) is 17.0. The number of hydrogen-bond acceptors (Lipinski definition) is 5. The monoisotopic (exact) mass is 355 g/mol. The number of aromatic amines is 1. The summed E-state index contributed by atoms with van der Waals surface area (Å²) in [5.74, 6) is 0.205. The molecule has 6 nitrogen and oxygen atoms in total. The predicted molar refractivity (Wildman–Crippen MR) is 96.9 cm³/mol. The van der Waals surface area contributed by atoms with Gasteiger partial charge in [0.1, 0.15) is 0 Å². The number of halogens is 1. The van der Waals surface area contributed by atoms with E-state index >= 15 is 0 Å². The Bertz CT molecular complexity index is 921. The fraction of sp³-hybridized carbons (Fsp3) is 0.474. The molecule has 136 valence electrons. The van der Waals surface area contributed by atoms with Gasteiger partial charge in [0.2, 0.25) is 5.95 Å². The van der Waals surface area contributed by atoms with Crippen LogP contribution in [0.25, 0.3) is 0 Å². The van der Waals surface area contributed by atoms with Crippen LogP contribution in [0.2, 0.25) is 0 Å². The Morgan fingerprint density at radius 3 is 2.96 bits per heavy atom. The van der Waals surface area contributed by atoms with Gasteiger partial charge in [-0.25, -0.2) is 9.97 Å². The van der Waals surface area contributed by atoms with E-state index in [9.17, 15) is 9.18 Å². The van der Waals surface area contributed by atoms with Crippen molar-refractivity contribution < 1.29 is 4.39 Å². The Morgan fingerprint density at radius 2 is 2.19 bits per heavy atom. The highest BCUT2D eigenvalue weighted by Gasteiger charge is 2.23. The van der Waals surface area contributed by atoms with Crippen LogP contribution < -0.4 is 5.56 Å². The van der Waals surface area contributed by atoms with Gasteiger partial charge in [0.05, 0.1) is 17.0 Å². The van der Waals surface area contributed by atoms with Crippen LogP contribution in [0.15, 0.2) is 22.1 Å². The second-order valence-corrected chi connectivity index (χ2v) is 7.04. The first-order valence-corrected chi connectivity index (χ1v) is 9.09. The van der Waals surface area contributed by atoms with E-state index in [1.807, 2.05) is 6.07 Å². The number of H-pyrrole nitrogens is 1. The van der Waals surface area contributed by atoms with Crippen molar-refractivity contribution in [2.45, 2.75) is 45.7 Å². The zero-order valence-corrected chi connectivity index (χ0v) is 14.9. The van der Waals surface area contributed by atoms with Crippen LogP contribution in [0, 0.1) is 12.9 Å². The third-order valence-corrected chi connectivity index (χ3v) is 5.02. The molecule has 0 saturated heterocycles. The van der Waals surface area contributed by atoms with E-state index in [0.29, 0.717) is 24.5 Å². The minimum atomic E-state index is -0.434. The summed E-state index contributed by atoms with van der Waals surface area (Å²) in [5, 5.41) is 0. The minimum absolute atomic E-state index is 0.0728. The van der Waals surface area contributed by atoms with Crippen LogP contribution in [0.4, 0.5) is 4.39 Å². The molecule has 1 N–H and O–H groups in total. The number of aryl methyl sites for hydroxylation is 1. The molecule has 4 rings (SSSR count). The van der Waals surface area contributed by atoms with Gasteiger partial charge in [-0.05, 0) is 37.8 Å². The molecule has 2 aromatic heterocycles. The molecule has 0 spiro atoms. The predicted octanol–water partition coefficient (Wildman–Crippen LogP) is 2.14. The summed E-state index contributed by atoms with van der Waals surface area (Å²) in [5.41, 5.74) is 3.94. The Morgan fingerprint density at radius 1 is 1.31 bits per heavy atom. The molecule has 26 heavy (non-hydrogen) atoms. The number of rotatable bonds is 3. The highest BCUT2D eigenvalue weighted by atomic mass is 19.1. The van der Waals surface area contributed by atoms with Gasteiger partial charge in [-0.3, -0.25) is 14.7 Å². The van der Waals surface area contributed by atoms with E-state index < -0.39 is 5.95 Å². The van der Waals surface area contributed by atoms with Gasteiger partial charge >= 0.3 is 0 Å². The van der Waals surface area contributed by atoms with Crippen molar-refractivity contribution in [2.24, 2.45) is 4.99 Å². The summed E-state index contributed by atoms with van der Waals surface area (Å²) in [6.07, 6.45) is 5.37. The lowest BCUT2D eigenvalue weighted by Crippen LogP contribution is -2.36. The second kappa shape index (κ2) is 7.07. The van der Waals surface area contributed by atoms with Crippen molar-refractivity contribution in [3.05, 3.63) is 56.8 Å². The number of fused-ring (bicyclic) bond motifs is 1. The summed E-state index contributed by atoms with van der Waals surface area (Å²) in [6.45, 7) is 4.52. The van der Waals surface area contributed by atoms with Crippen molar-refractivity contribution in [3.8, 4) is 0 Å². The number of pyridine rings is 1. The maximum Gasteiger partial charge on any atom is 0.255 e. The maximum atomic E-state index is 13.3. The largest absolute Gasteiger partial charge is 0.305 e. The summed E-state index contributed by atoms with van der Waals surface area (Å²) in [6, 6.07) is 1.81. The molecule has 2 aliphatic rings. The van der Waals surface area contributed by atoms with E-state index in [4.69, 9.17) is 4.98 Å². The SMILES string of the molecule is Cc1cc(CN2CCc3nc(C4=NCCCC4)[nH]c(=O)c3C2)cnc1F. The van der Waals surface area contributed by atoms with E-state index in [1.54, 1.807) is 13.1 Å². The van der Waals surface area contributed by atoms with Gasteiger partial charge < -0.3 is 4.98 Å². The van der Waals surface area contributed by atoms with Crippen molar-refractivity contribution >= 4 is 5.71 Å². The standard InChI is InChI=1S/C19H22FN5O/c1-12-8-13(9-22-17(12)20)10-25-7-5-15-14(11-25)19(26)24-18(23-15)16-4-2-3-6-21-16/h8-9H,2-7,10-11H2,1H3,(H,23,24,26). The van der Waals surface area contributed by atoms with E-state index in [2.05, 4.69) is 19.9 Å². The molecular formula is C19H22FN5O. The molecule has 0 atom stereocenters. The minimum Gasteiger partial charge on any atom is -0.305 e. The zero-order valence-electron chi connectivity index (χ0n) is 14.9. The van der Waals surface area contributed by atoms with Gasteiger partial charge in [0.25, 0.3) is 5.56 Å². The zero-order chi connectivity index (χ0) is 18.1. The highest BCUT2D eigenvalue weighted by molar-refractivity contribution is 5.97. The van der Waals surface area contributed by atoms with Crippen LogP contribution in [0.1, 0.15) is 47.5 Å². The molecule has 0 bridgehead atoms. The van der Waals surface area contributed by atoms with E-state index in [1.165, 1.54) is 0 Å². The van der Waals surface area contributed by atoms with Crippen molar-refractivity contribution in [3.63, 3.8) is 0 Å². The van der Waals surface area contributed by atoms with E-state index in [0.717, 1.165) is 61.3 Å². The molecule has 7 heteroatoms. The van der Waals surface area contributed by atoms with Crippen LogP contribution in [-0.4, -0.2) is 38.7 Å². The van der Waals surface area contributed by atoms with Crippen molar-refractivity contribution in [1.29, 1.82) is 0 Å². The highest BCUT2D eigenvalue weighted by Crippen LogP contribution is 2.18. The van der Waals surface area contributed by atoms with Crippen molar-refractivity contribution in [1.82, 2.24) is 19.9 Å². The van der Waals surface area contributed by atoms with Crippen LogP contribution >= 0.6 is 0 Å². The van der Waals surface area contributed by atoms with Crippen LogP contribution in [0.5, 0.6) is 0 Å². The fourth-order valence-corrected chi connectivity index (χ4v) is 3.60. The van der Waals surface area contributed by atoms with Gasteiger partial charge in [-0.2, -0.15) is 4.39 Å². The Labute approximate surface area is 151 Å². The molecular weight excluding hydrogens is 333 g/mol. The maximum absolute atomic E-state index is 13.3. The summed E-state index contributed by atoms with van der Waals surface area (Å²) >= 11 is 0. The summed E-state index contributed by atoms with van der Waals surface area (Å²) in [7, 11) is 0. The van der Waals surface area contributed by atoms with E-state index in [-0.39, 0.29) is 5.56 Å². The molecule has 0 radical (unpaired) electrons. The third-order valence-electron chi connectivity index (χ3n) is 5.02. The van der Waals surface area contributed by atoms with Gasteiger partial charge in [-0.1, -0.05) is 0 Å². The van der Waals surface area contributed by atoms with Gasteiger partial charge in [0.15, 0.2) is 5.82 Å². The second-order valence-electron chi connectivity index (χ2n) is 7.04. The normalized spacial score (nSPS) is 17.7. The Hall–Kier alpha value is -2.41. The number of nitrogens with one attached hydrogen (secondary N) is 1. The number of aromatic nitrogens is 3. The molecule has 0 fully saturated rings. The molecule has 0 unspecified atom stereocenters. The lowest BCUT2D eigenvalue weighted by molar-refractivity contribution is 0.241. The fourth-order valence-electron chi connectivity index (χ4n) is 3.60. The first-order chi connectivity index (χ1) is 12.6. The lowest BCUT2D eigenvalue weighted by atomic mass is 10.0. The average molecular weight is 355 g/mol. The average Bonchev–Trinajstić information content (AvgIpc) is 2.66. The van der Waals surface area contributed by atoms with Crippen LogP contribution in [0.3, 0.4) is 0 Å². The molecule has 0 amide bonds. The molecule has 2 aromatic rings. The smallest absolute Gasteiger partial charge is 0.255 e. The van der Waals surface area contributed by atoms with Gasteiger partial charge in [-0.15, -0.1) is 0 Å². The number of aliphatic imine (C=N–C) groups is 1. The third kappa shape index (κ3) is 3.44. The summed E-state index contributed by atoms with van der Waals surface area (Å²) < 4.78 is 13.3. The first-order valence-electron chi connectivity index (χ1n) is 9.09. The van der Waals surface area contributed by atoms with Crippen molar-refractivity contribution in [2.75, 3.05) is 13.1 Å². The quantitative estimate of drug-likeness (QED) is 0.856.